The summed E-state index contributed by atoms with van der Waals surface area (Å²) in [5.41, 5.74) is 0. The molecular formula is C6H11O5. The van der Waals surface area contributed by atoms with Crippen LogP contribution < -0.4 is 0 Å². The van der Waals surface area contributed by atoms with Crippen LogP contribution in [0.5, 0.6) is 0 Å². The highest BCUT2D eigenvalue weighted by Gasteiger charge is 2.39. The zero-order valence-corrected chi connectivity index (χ0v) is 5.79. The van der Waals surface area contributed by atoms with Gasteiger partial charge in [-0.2, -0.15) is 0 Å². The summed E-state index contributed by atoms with van der Waals surface area (Å²) in [6.45, 7) is 0.538. The van der Waals surface area contributed by atoms with Crippen LogP contribution >= 0.6 is 0 Å². The van der Waals surface area contributed by atoms with E-state index in [-0.39, 0.29) is 0 Å². The third-order valence-corrected chi connectivity index (χ3v) is 1.63. The Morgan fingerprint density at radius 2 is 2.09 bits per heavy atom. The quantitative estimate of drug-likeness (QED) is 0.365. The van der Waals surface area contributed by atoms with Crippen LogP contribution in [-0.4, -0.2) is 51.4 Å². The standard InChI is InChI=1S/C6H11O5/c7-1-3(8)6-5(10)4(9)2-11-6/h2-10H,1H2/t3-,4-,5+,6+/m0/s1. The van der Waals surface area contributed by atoms with Crippen molar-refractivity contribution >= 4 is 0 Å². The van der Waals surface area contributed by atoms with E-state index in [1.54, 1.807) is 0 Å². The highest BCUT2D eigenvalue weighted by Crippen LogP contribution is 2.20. The molecule has 0 aromatic carbocycles. The molecule has 11 heavy (non-hydrogen) atoms. The third kappa shape index (κ3) is 1.69. The fraction of sp³-hybridized carbons (Fsp3) is 0.833. The summed E-state index contributed by atoms with van der Waals surface area (Å²) in [5.74, 6) is 0. The molecule has 0 amide bonds. The molecule has 0 unspecified atom stereocenters. The molecule has 1 aliphatic rings. The lowest BCUT2D eigenvalue weighted by atomic mass is 10.1. The van der Waals surface area contributed by atoms with Crippen molar-refractivity contribution in [3.63, 3.8) is 0 Å². The molecule has 0 spiro atoms. The molecule has 5 nitrogen and oxygen atoms in total. The first-order valence-corrected chi connectivity index (χ1v) is 3.30. The van der Waals surface area contributed by atoms with Crippen LogP contribution in [0.1, 0.15) is 0 Å². The first-order valence-electron chi connectivity index (χ1n) is 3.30. The second kappa shape index (κ2) is 3.46. The molecule has 1 aliphatic heterocycles. The summed E-state index contributed by atoms with van der Waals surface area (Å²) in [6, 6.07) is 0. The number of aliphatic hydroxyl groups is 4. The summed E-state index contributed by atoms with van der Waals surface area (Å²) >= 11 is 0. The molecule has 4 atom stereocenters. The van der Waals surface area contributed by atoms with Crippen LogP contribution in [0.2, 0.25) is 0 Å². The van der Waals surface area contributed by atoms with Gasteiger partial charge >= 0.3 is 0 Å². The van der Waals surface area contributed by atoms with Crippen molar-refractivity contribution in [3.05, 3.63) is 6.61 Å². The fourth-order valence-electron chi connectivity index (χ4n) is 0.949. The minimum atomic E-state index is -1.16. The molecule has 1 rings (SSSR count). The summed E-state index contributed by atoms with van der Waals surface area (Å²) in [5, 5.41) is 35.4. The van der Waals surface area contributed by atoms with E-state index in [9.17, 15) is 0 Å². The molecule has 1 heterocycles. The molecule has 0 aliphatic carbocycles. The molecule has 0 saturated carbocycles. The van der Waals surface area contributed by atoms with Crippen molar-refractivity contribution in [1.29, 1.82) is 0 Å². The van der Waals surface area contributed by atoms with Gasteiger partial charge < -0.3 is 25.2 Å². The van der Waals surface area contributed by atoms with E-state index < -0.39 is 31.0 Å². The summed E-state index contributed by atoms with van der Waals surface area (Å²) in [6.07, 6.45) is -4.31. The van der Waals surface area contributed by atoms with Crippen LogP contribution in [0.15, 0.2) is 0 Å². The van der Waals surface area contributed by atoms with Crippen molar-refractivity contribution in [2.24, 2.45) is 0 Å². The molecule has 0 bridgehead atoms. The highest BCUT2D eigenvalue weighted by molar-refractivity contribution is 4.93. The van der Waals surface area contributed by atoms with Crippen LogP contribution in [0.25, 0.3) is 0 Å². The summed E-state index contributed by atoms with van der Waals surface area (Å²) in [4.78, 5) is 0. The molecule has 1 radical (unpaired) electrons. The van der Waals surface area contributed by atoms with Gasteiger partial charge in [-0.25, -0.2) is 0 Å². The molecule has 4 N–H and O–H groups in total. The fourth-order valence-corrected chi connectivity index (χ4v) is 0.949. The Morgan fingerprint density at radius 3 is 2.45 bits per heavy atom. The van der Waals surface area contributed by atoms with E-state index >= 15 is 0 Å². The Labute approximate surface area is 63.8 Å². The molecule has 0 aromatic rings. The Kier molecular flexibility index (Phi) is 2.80. The van der Waals surface area contributed by atoms with Gasteiger partial charge in [0.1, 0.15) is 31.0 Å². The molecule has 1 saturated heterocycles. The minimum Gasteiger partial charge on any atom is -0.394 e. The SMILES string of the molecule is OC[C@H](O)[C@H]1O[CH][C@H](O)[C@H]1O. The van der Waals surface area contributed by atoms with Crippen molar-refractivity contribution in [3.8, 4) is 0 Å². The van der Waals surface area contributed by atoms with Gasteiger partial charge in [0.05, 0.1) is 6.61 Å². The Hall–Kier alpha value is -0.200. The monoisotopic (exact) mass is 163 g/mol. The zero-order chi connectivity index (χ0) is 8.43. The van der Waals surface area contributed by atoms with Gasteiger partial charge in [-0.15, -0.1) is 0 Å². The Morgan fingerprint density at radius 1 is 1.45 bits per heavy atom. The highest BCUT2D eigenvalue weighted by atomic mass is 16.5. The third-order valence-electron chi connectivity index (χ3n) is 1.63. The lowest BCUT2D eigenvalue weighted by Gasteiger charge is -2.18. The number of ether oxygens (including phenoxy) is 1. The van der Waals surface area contributed by atoms with Gasteiger partial charge in [0.2, 0.25) is 0 Å². The van der Waals surface area contributed by atoms with Crippen molar-refractivity contribution < 1.29 is 25.2 Å². The molecular weight excluding hydrogens is 152 g/mol. The molecule has 5 heteroatoms. The van der Waals surface area contributed by atoms with Crippen LogP contribution in [0.3, 0.4) is 0 Å². The number of hydrogen-bond donors (Lipinski definition) is 4. The van der Waals surface area contributed by atoms with Crippen molar-refractivity contribution in [2.75, 3.05) is 6.61 Å². The lowest BCUT2D eigenvalue weighted by molar-refractivity contribution is -0.0636. The first-order chi connectivity index (χ1) is 5.16. The Balaban J connectivity index is 2.47. The van der Waals surface area contributed by atoms with E-state index in [1.807, 2.05) is 0 Å². The maximum absolute atomic E-state index is 9.08. The van der Waals surface area contributed by atoms with Gasteiger partial charge in [-0.1, -0.05) is 0 Å². The van der Waals surface area contributed by atoms with Crippen molar-refractivity contribution in [2.45, 2.75) is 24.4 Å². The Bertz CT molecular complexity index is 128. The van der Waals surface area contributed by atoms with E-state index in [1.165, 1.54) is 0 Å². The minimum absolute atomic E-state index is 0.498. The largest absolute Gasteiger partial charge is 0.394 e. The van der Waals surface area contributed by atoms with E-state index in [4.69, 9.17) is 25.2 Å². The van der Waals surface area contributed by atoms with E-state index in [0.717, 1.165) is 6.61 Å². The topological polar surface area (TPSA) is 90.2 Å². The predicted molar refractivity (Wildman–Crippen MR) is 34.3 cm³/mol. The normalized spacial score (nSPS) is 40.9. The van der Waals surface area contributed by atoms with Gasteiger partial charge in [0, 0.05) is 0 Å². The van der Waals surface area contributed by atoms with Crippen LogP contribution in [0.4, 0.5) is 0 Å². The van der Waals surface area contributed by atoms with Crippen LogP contribution in [0, 0.1) is 6.61 Å². The molecule has 1 fully saturated rings. The van der Waals surface area contributed by atoms with Gasteiger partial charge in [-0.05, 0) is 0 Å². The smallest absolute Gasteiger partial charge is 0.115 e. The maximum atomic E-state index is 9.08. The number of rotatable bonds is 2. The zero-order valence-electron chi connectivity index (χ0n) is 5.79. The summed E-state index contributed by atoms with van der Waals surface area (Å²) < 4.78 is 4.70. The van der Waals surface area contributed by atoms with Crippen molar-refractivity contribution in [1.82, 2.24) is 0 Å². The van der Waals surface area contributed by atoms with E-state index in [0.29, 0.717) is 0 Å². The van der Waals surface area contributed by atoms with Gasteiger partial charge in [-0.3, -0.25) is 0 Å². The van der Waals surface area contributed by atoms with Gasteiger partial charge in [0.25, 0.3) is 0 Å². The van der Waals surface area contributed by atoms with E-state index in [2.05, 4.69) is 0 Å². The second-order valence-corrected chi connectivity index (χ2v) is 2.47. The van der Waals surface area contributed by atoms with Crippen LogP contribution in [-0.2, 0) is 4.74 Å². The summed E-state index contributed by atoms with van der Waals surface area (Å²) in [7, 11) is 0. The number of aliphatic hydroxyl groups excluding tert-OH is 4. The average molecular weight is 163 g/mol. The maximum Gasteiger partial charge on any atom is 0.115 e. The second-order valence-electron chi connectivity index (χ2n) is 2.47. The predicted octanol–water partition coefficient (Wildman–Crippen LogP) is -2.38. The first kappa shape index (κ1) is 8.89. The average Bonchev–Trinajstić information content (AvgIpc) is 2.32. The molecule has 65 valence electrons. The number of hydrogen-bond acceptors (Lipinski definition) is 5. The molecule has 0 aromatic heterocycles. The van der Waals surface area contributed by atoms with Gasteiger partial charge in [0.15, 0.2) is 0 Å². The lowest BCUT2D eigenvalue weighted by Crippen LogP contribution is -2.40.